The third-order valence-electron chi connectivity index (χ3n) is 4.13. The minimum Gasteiger partial charge on any atom is -0.481 e. The Morgan fingerprint density at radius 3 is 1.89 bits per heavy atom. The Kier molecular flexibility index (Phi) is 10.7. The van der Waals surface area contributed by atoms with Gasteiger partial charge in [0.25, 0.3) is 0 Å². The van der Waals surface area contributed by atoms with E-state index in [4.69, 9.17) is 21.7 Å². The van der Waals surface area contributed by atoms with Crippen LogP contribution in [0.5, 0.6) is 0 Å². The predicted molar refractivity (Wildman–Crippen MR) is 94.2 cm³/mol. The number of primary amides is 1. The van der Waals surface area contributed by atoms with Gasteiger partial charge in [-0.05, 0) is 18.8 Å². The lowest BCUT2D eigenvalue weighted by molar-refractivity contribution is -0.143. The normalized spacial score (nSPS) is 15.1. The zero-order chi connectivity index (χ0) is 21.1. The molecule has 8 N–H and O–H groups in total. The number of nitrogens with two attached hydrogens (primary N) is 2. The van der Waals surface area contributed by atoms with Gasteiger partial charge in [0.05, 0.1) is 6.04 Å². The number of aliphatic carboxylic acids is 2. The van der Waals surface area contributed by atoms with Crippen molar-refractivity contribution in [3.8, 4) is 0 Å². The van der Waals surface area contributed by atoms with Gasteiger partial charge in [-0.2, -0.15) is 0 Å². The van der Waals surface area contributed by atoms with Crippen LogP contribution in [0.4, 0.5) is 0 Å². The summed E-state index contributed by atoms with van der Waals surface area (Å²) in [7, 11) is 0. The lowest BCUT2D eigenvalue weighted by atomic mass is 9.98. The molecule has 11 nitrogen and oxygen atoms in total. The highest BCUT2D eigenvalue weighted by Gasteiger charge is 2.29. The molecular formula is C16H28N4O7. The number of carbonyl (C=O) groups excluding carboxylic acids is 3. The maximum atomic E-state index is 12.4. The van der Waals surface area contributed by atoms with E-state index in [1.807, 2.05) is 6.92 Å². The van der Waals surface area contributed by atoms with Crippen LogP contribution >= 0.6 is 0 Å². The van der Waals surface area contributed by atoms with Crippen molar-refractivity contribution < 1.29 is 34.2 Å². The molecule has 0 heterocycles. The Bertz CT molecular complexity index is 567. The first-order valence-corrected chi connectivity index (χ1v) is 8.58. The van der Waals surface area contributed by atoms with Gasteiger partial charge in [0, 0.05) is 12.8 Å². The summed E-state index contributed by atoms with van der Waals surface area (Å²) >= 11 is 0. The number of nitrogens with one attached hydrogen (secondary N) is 2. The Labute approximate surface area is 156 Å². The quantitative estimate of drug-likeness (QED) is 0.220. The Morgan fingerprint density at radius 2 is 1.44 bits per heavy atom. The van der Waals surface area contributed by atoms with Gasteiger partial charge in [-0.25, -0.2) is 4.79 Å². The summed E-state index contributed by atoms with van der Waals surface area (Å²) in [6, 6.07) is -3.59. The number of rotatable bonds is 13. The molecule has 0 radical (unpaired) electrons. The fourth-order valence-electron chi connectivity index (χ4n) is 2.13. The number of hydrogen-bond acceptors (Lipinski definition) is 6. The molecule has 0 saturated heterocycles. The molecule has 0 fully saturated rings. The summed E-state index contributed by atoms with van der Waals surface area (Å²) in [5.41, 5.74) is 10.8. The number of hydrogen-bond donors (Lipinski definition) is 6. The Balaban J connectivity index is 5.15. The third kappa shape index (κ3) is 9.54. The smallest absolute Gasteiger partial charge is 0.326 e. The van der Waals surface area contributed by atoms with Crippen LogP contribution in [-0.2, 0) is 24.0 Å². The average molecular weight is 388 g/mol. The van der Waals surface area contributed by atoms with Crippen LogP contribution < -0.4 is 22.1 Å². The SMILES string of the molecule is CC[C@H](C)[C@H](N)C(=O)N[C@@H](CCC(=O)O)C(=O)N[C@@H](CCC(N)=O)C(=O)O. The molecule has 0 aromatic heterocycles. The standard InChI is InChI=1S/C16H28N4O7/c1-3-8(2)13(18)15(25)19-9(5-7-12(22)23)14(24)20-10(16(26)27)4-6-11(17)21/h8-10,13H,3-7,18H2,1-2H3,(H2,17,21)(H,19,25)(H,20,24)(H,22,23)(H,26,27)/t8-,9-,10-,13-/m0/s1. The molecule has 154 valence electrons. The van der Waals surface area contributed by atoms with Gasteiger partial charge < -0.3 is 32.3 Å². The largest absolute Gasteiger partial charge is 0.481 e. The first-order chi connectivity index (χ1) is 12.5. The van der Waals surface area contributed by atoms with Crippen molar-refractivity contribution >= 4 is 29.7 Å². The molecule has 0 aromatic rings. The molecule has 0 rings (SSSR count). The summed E-state index contributed by atoms with van der Waals surface area (Å²) in [6.45, 7) is 3.59. The van der Waals surface area contributed by atoms with Crippen LogP contribution in [-0.4, -0.2) is 58.0 Å². The van der Waals surface area contributed by atoms with E-state index < -0.39 is 54.2 Å². The number of carboxylic acid groups (broad SMARTS) is 2. The van der Waals surface area contributed by atoms with Crippen LogP contribution in [0, 0.1) is 5.92 Å². The molecule has 0 spiro atoms. The summed E-state index contributed by atoms with van der Waals surface area (Å²) in [5, 5.41) is 22.5. The zero-order valence-electron chi connectivity index (χ0n) is 15.4. The van der Waals surface area contributed by atoms with Crippen LogP contribution in [0.3, 0.4) is 0 Å². The first kappa shape index (κ1) is 24.3. The van der Waals surface area contributed by atoms with Crippen molar-refractivity contribution in [3.63, 3.8) is 0 Å². The second-order valence-corrected chi connectivity index (χ2v) is 6.31. The van der Waals surface area contributed by atoms with Crippen molar-refractivity contribution in [1.82, 2.24) is 10.6 Å². The highest BCUT2D eigenvalue weighted by molar-refractivity contribution is 5.92. The van der Waals surface area contributed by atoms with Gasteiger partial charge in [-0.1, -0.05) is 20.3 Å². The van der Waals surface area contributed by atoms with E-state index in [1.54, 1.807) is 6.92 Å². The number of carboxylic acids is 2. The molecule has 11 heteroatoms. The molecule has 4 atom stereocenters. The minimum absolute atomic E-state index is 0.171. The van der Waals surface area contributed by atoms with Crippen LogP contribution in [0.1, 0.15) is 46.0 Å². The Morgan fingerprint density at radius 1 is 0.926 bits per heavy atom. The summed E-state index contributed by atoms with van der Waals surface area (Å²) in [5.74, 6) is -4.99. The van der Waals surface area contributed by atoms with Crippen LogP contribution in [0.25, 0.3) is 0 Å². The van der Waals surface area contributed by atoms with Crippen molar-refractivity contribution in [3.05, 3.63) is 0 Å². The molecule has 0 aliphatic carbocycles. The second kappa shape index (κ2) is 11.8. The molecule has 0 bridgehead atoms. The summed E-state index contributed by atoms with van der Waals surface area (Å²) in [4.78, 5) is 57.4. The van der Waals surface area contributed by atoms with E-state index in [-0.39, 0.29) is 25.2 Å². The molecule has 3 amide bonds. The molecular weight excluding hydrogens is 360 g/mol. The van der Waals surface area contributed by atoms with Gasteiger partial charge in [0.2, 0.25) is 17.7 Å². The fraction of sp³-hybridized carbons (Fsp3) is 0.688. The summed E-state index contributed by atoms with van der Waals surface area (Å²) < 4.78 is 0. The van der Waals surface area contributed by atoms with Gasteiger partial charge in [0.15, 0.2) is 0 Å². The maximum absolute atomic E-state index is 12.4. The lowest BCUT2D eigenvalue weighted by Crippen LogP contribution is -2.55. The van der Waals surface area contributed by atoms with Crippen molar-refractivity contribution in [2.24, 2.45) is 17.4 Å². The second-order valence-electron chi connectivity index (χ2n) is 6.31. The highest BCUT2D eigenvalue weighted by atomic mass is 16.4. The highest BCUT2D eigenvalue weighted by Crippen LogP contribution is 2.07. The van der Waals surface area contributed by atoms with E-state index in [2.05, 4.69) is 10.6 Å². The molecule has 27 heavy (non-hydrogen) atoms. The molecule has 0 aliphatic rings. The van der Waals surface area contributed by atoms with Gasteiger partial charge in [-0.3, -0.25) is 19.2 Å². The first-order valence-electron chi connectivity index (χ1n) is 8.58. The molecule has 0 unspecified atom stereocenters. The van der Waals surface area contributed by atoms with E-state index in [9.17, 15) is 24.0 Å². The predicted octanol–water partition coefficient (Wildman–Crippen LogP) is -1.46. The third-order valence-corrected chi connectivity index (χ3v) is 4.13. The van der Waals surface area contributed by atoms with E-state index >= 15 is 0 Å². The lowest BCUT2D eigenvalue weighted by Gasteiger charge is -2.24. The van der Waals surface area contributed by atoms with Crippen molar-refractivity contribution in [2.75, 3.05) is 0 Å². The van der Waals surface area contributed by atoms with Gasteiger partial charge >= 0.3 is 11.9 Å². The molecule has 0 aliphatic heterocycles. The van der Waals surface area contributed by atoms with Crippen LogP contribution in [0.2, 0.25) is 0 Å². The monoisotopic (exact) mass is 388 g/mol. The topological polar surface area (TPSA) is 202 Å². The number of amides is 3. The van der Waals surface area contributed by atoms with Crippen LogP contribution in [0.15, 0.2) is 0 Å². The molecule has 0 saturated carbocycles. The van der Waals surface area contributed by atoms with E-state index in [0.29, 0.717) is 6.42 Å². The van der Waals surface area contributed by atoms with Gasteiger partial charge in [0.1, 0.15) is 12.1 Å². The van der Waals surface area contributed by atoms with Gasteiger partial charge in [-0.15, -0.1) is 0 Å². The van der Waals surface area contributed by atoms with E-state index in [1.165, 1.54) is 0 Å². The zero-order valence-corrected chi connectivity index (χ0v) is 15.4. The molecule has 0 aromatic carbocycles. The van der Waals surface area contributed by atoms with Crippen molar-refractivity contribution in [1.29, 1.82) is 0 Å². The Hall–Kier alpha value is -2.69. The minimum atomic E-state index is -1.41. The fourth-order valence-corrected chi connectivity index (χ4v) is 2.13. The average Bonchev–Trinajstić information content (AvgIpc) is 2.59. The van der Waals surface area contributed by atoms with Crippen molar-refractivity contribution in [2.45, 2.75) is 64.1 Å². The maximum Gasteiger partial charge on any atom is 0.326 e. The number of carbonyl (C=O) groups is 5. The summed E-state index contributed by atoms with van der Waals surface area (Å²) in [6.07, 6.45) is -0.544. The van der Waals surface area contributed by atoms with E-state index in [0.717, 1.165) is 0 Å².